The number of para-hydroxylation sites is 2. The number of anilines is 1. The number of ether oxygens (including phenoxy) is 2. The summed E-state index contributed by atoms with van der Waals surface area (Å²) in [4.78, 5) is 30.1. The third kappa shape index (κ3) is 5.89. The van der Waals surface area contributed by atoms with Crippen molar-refractivity contribution in [1.29, 1.82) is 0 Å². The molecule has 35 heavy (non-hydrogen) atoms. The Hall–Kier alpha value is -3.23. The van der Waals surface area contributed by atoms with Crippen LogP contribution in [0, 0.1) is 0 Å². The van der Waals surface area contributed by atoms with Crippen molar-refractivity contribution >= 4 is 29.3 Å². The first-order valence-corrected chi connectivity index (χ1v) is 12.3. The molecule has 1 atom stereocenters. The lowest BCUT2D eigenvalue weighted by Gasteiger charge is -2.38. The molecule has 4 rings (SSSR count). The molecule has 0 radical (unpaired) electrons. The summed E-state index contributed by atoms with van der Waals surface area (Å²) in [6, 6.07) is 14.2. The van der Waals surface area contributed by atoms with E-state index in [1.54, 1.807) is 25.1 Å². The number of nitrogens with zero attached hydrogens (tertiary/aromatic N) is 2. The maximum Gasteiger partial charge on any atom is 0.338 e. The Balaban J connectivity index is 1.55. The Labute approximate surface area is 210 Å². The largest absolute Gasteiger partial charge is 0.492 e. The topological polar surface area (TPSA) is 83.1 Å². The Morgan fingerprint density at radius 1 is 1.06 bits per heavy atom. The van der Waals surface area contributed by atoms with Crippen molar-refractivity contribution in [3.8, 4) is 5.75 Å². The fourth-order valence-electron chi connectivity index (χ4n) is 4.50. The van der Waals surface area contributed by atoms with E-state index in [0.29, 0.717) is 29.4 Å². The van der Waals surface area contributed by atoms with Gasteiger partial charge in [-0.2, -0.15) is 0 Å². The molecule has 1 fully saturated rings. The van der Waals surface area contributed by atoms with Gasteiger partial charge in [0.1, 0.15) is 5.75 Å². The number of halogens is 1. The molecule has 2 N–H and O–H groups in total. The fourth-order valence-corrected chi connectivity index (χ4v) is 4.69. The maximum absolute atomic E-state index is 13.0. The molecular weight excluding hydrogens is 468 g/mol. The van der Waals surface area contributed by atoms with Crippen molar-refractivity contribution in [2.75, 3.05) is 50.8 Å². The van der Waals surface area contributed by atoms with Crippen LogP contribution < -0.4 is 20.3 Å². The van der Waals surface area contributed by atoms with Crippen molar-refractivity contribution in [2.45, 2.75) is 19.9 Å². The summed E-state index contributed by atoms with van der Waals surface area (Å²) in [5.74, 6) is 0.426. The quantitative estimate of drug-likeness (QED) is 0.540. The number of carbonyl (C=O) groups is 2. The normalized spacial score (nSPS) is 18.7. The lowest BCUT2D eigenvalue weighted by atomic mass is 9.95. The molecule has 2 aliphatic heterocycles. The van der Waals surface area contributed by atoms with E-state index in [0.717, 1.165) is 43.2 Å². The minimum absolute atomic E-state index is 0.240. The lowest BCUT2D eigenvalue weighted by Crippen LogP contribution is -2.51. The van der Waals surface area contributed by atoms with Crippen LogP contribution >= 0.6 is 11.6 Å². The predicted octanol–water partition coefficient (Wildman–Crippen LogP) is 3.73. The molecule has 0 saturated carbocycles. The number of hydrogen-bond acceptors (Lipinski definition) is 6. The second kappa shape index (κ2) is 11.5. The number of benzene rings is 2. The molecular formula is C26H31ClN4O4. The minimum Gasteiger partial charge on any atom is -0.492 e. The van der Waals surface area contributed by atoms with Crippen LogP contribution in [0.4, 0.5) is 10.5 Å². The van der Waals surface area contributed by atoms with Crippen LogP contribution in [-0.4, -0.2) is 62.8 Å². The Morgan fingerprint density at radius 2 is 1.83 bits per heavy atom. The van der Waals surface area contributed by atoms with Crippen molar-refractivity contribution in [3.05, 3.63) is 70.4 Å². The molecule has 0 unspecified atom stereocenters. The highest BCUT2D eigenvalue weighted by Gasteiger charge is 2.35. The van der Waals surface area contributed by atoms with Crippen molar-refractivity contribution in [3.63, 3.8) is 0 Å². The average Bonchev–Trinajstić information content (AvgIpc) is 2.85. The third-order valence-electron chi connectivity index (χ3n) is 6.09. The molecule has 9 heteroatoms. The number of piperazine rings is 1. The summed E-state index contributed by atoms with van der Waals surface area (Å²) in [6.45, 7) is 8.17. The number of urea groups is 1. The summed E-state index contributed by atoms with van der Waals surface area (Å²) >= 11 is 6.19. The minimum atomic E-state index is -0.643. The standard InChI is InChI=1S/C26H31ClN4O4/c1-3-34-22-11-6-5-10-21(22)31-14-12-30(13-15-31)17-20-23(25(32)35-4-2)24(29-26(33)28-20)18-8-7-9-19(27)16-18/h5-11,16,24H,3-4,12-15,17H2,1-2H3,(H2,28,29,33)/t24-/m0/s1. The predicted molar refractivity (Wildman–Crippen MR) is 136 cm³/mol. The monoisotopic (exact) mass is 498 g/mol. The number of rotatable bonds is 8. The van der Waals surface area contributed by atoms with Gasteiger partial charge in [-0.3, -0.25) is 4.90 Å². The van der Waals surface area contributed by atoms with Crippen LogP contribution in [0.2, 0.25) is 5.02 Å². The summed E-state index contributed by atoms with van der Waals surface area (Å²) in [5.41, 5.74) is 2.76. The molecule has 2 aromatic carbocycles. The van der Waals surface area contributed by atoms with Crippen LogP contribution in [0.5, 0.6) is 5.75 Å². The SMILES string of the molecule is CCOC(=O)C1=C(CN2CCN(c3ccccc3OCC)CC2)NC(=O)N[C@H]1c1cccc(Cl)c1. The zero-order chi connectivity index (χ0) is 24.8. The van der Waals surface area contributed by atoms with Crippen LogP contribution in [0.15, 0.2) is 59.8 Å². The molecule has 1 saturated heterocycles. The van der Waals surface area contributed by atoms with Gasteiger partial charge < -0.3 is 25.0 Å². The van der Waals surface area contributed by atoms with Gasteiger partial charge in [-0.15, -0.1) is 0 Å². The zero-order valence-electron chi connectivity index (χ0n) is 20.1. The molecule has 8 nitrogen and oxygen atoms in total. The number of hydrogen-bond donors (Lipinski definition) is 2. The zero-order valence-corrected chi connectivity index (χ0v) is 20.8. The first-order valence-electron chi connectivity index (χ1n) is 11.9. The molecule has 186 valence electrons. The van der Waals surface area contributed by atoms with Gasteiger partial charge in [0.15, 0.2) is 0 Å². The summed E-state index contributed by atoms with van der Waals surface area (Å²) in [7, 11) is 0. The Bertz CT molecular complexity index is 1100. The van der Waals surface area contributed by atoms with Crippen LogP contribution in [-0.2, 0) is 9.53 Å². The molecule has 2 aliphatic rings. The van der Waals surface area contributed by atoms with Gasteiger partial charge in [0.2, 0.25) is 0 Å². The van der Waals surface area contributed by atoms with E-state index in [1.165, 1.54) is 0 Å². The van der Waals surface area contributed by atoms with E-state index in [2.05, 4.69) is 26.5 Å². The van der Waals surface area contributed by atoms with Crippen LogP contribution in [0.1, 0.15) is 25.5 Å². The number of esters is 1. The van der Waals surface area contributed by atoms with Crippen molar-refractivity contribution in [2.24, 2.45) is 0 Å². The molecule has 0 aromatic heterocycles. The van der Waals surface area contributed by atoms with Crippen LogP contribution in [0.3, 0.4) is 0 Å². The summed E-state index contributed by atoms with van der Waals surface area (Å²) in [6.07, 6.45) is 0. The van der Waals surface area contributed by atoms with Gasteiger partial charge in [0.25, 0.3) is 0 Å². The lowest BCUT2D eigenvalue weighted by molar-refractivity contribution is -0.139. The highest BCUT2D eigenvalue weighted by atomic mass is 35.5. The third-order valence-corrected chi connectivity index (χ3v) is 6.33. The first-order chi connectivity index (χ1) is 17.0. The second-order valence-electron chi connectivity index (χ2n) is 8.36. The highest BCUT2D eigenvalue weighted by Crippen LogP contribution is 2.31. The van der Waals surface area contributed by atoms with E-state index in [9.17, 15) is 9.59 Å². The summed E-state index contributed by atoms with van der Waals surface area (Å²) in [5, 5.41) is 6.24. The summed E-state index contributed by atoms with van der Waals surface area (Å²) < 4.78 is 11.2. The highest BCUT2D eigenvalue weighted by molar-refractivity contribution is 6.30. The fraction of sp³-hybridized carbons (Fsp3) is 0.385. The molecule has 2 amide bonds. The smallest absolute Gasteiger partial charge is 0.338 e. The second-order valence-corrected chi connectivity index (χ2v) is 8.80. The van der Waals surface area contributed by atoms with Gasteiger partial charge in [0.05, 0.1) is 30.5 Å². The van der Waals surface area contributed by atoms with Crippen LogP contribution in [0.25, 0.3) is 0 Å². The molecule has 0 bridgehead atoms. The number of carbonyl (C=O) groups excluding carboxylic acids is 2. The van der Waals surface area contributed by atoms with Crippen molar-refractivity contribution in [1.82, 2.24) is 15.5 Å². The molecule has 2 aromatic rings. The van der Waals surface area contributed by atoms with E-state index in [4.69, 9.17) is 21.1 Å². The van der Waals surface area contributed by atoms with Gasteiger partial charge in [-0.25, -0.2) is 9.59 Å². The first kappa shape index (κ1) is 24.9. The molecule has 0 aliphatic carbocycles. The Morgan fingerprint density at radius 3 is 2.54 bits per heavy atom. The molecule has 0 spiro atoms. The average molecular weight is 499 g/mol. The van der Waals surface area contributed by atoms with E-state index in [-0.39, 0.29) is 12.6 Å². The van der Waals surface area contributed by atoms with Gasteiger partial charge in [-0.1, -0.05) is 35.9 Å². The van der Waals surface area contributed by atoms with E-state index < -0.39 is 12.0 Å². The van der Waals surface area contributed by atoms with E-state index in [1.807, 2.05) is 31.2 Å². The number of nitrogens with one attached hydrogen (secondary N) is 2. The van der Waals surface area contributed by atoms with Gasteiger partial charge in [-0.05, 0) is 43.7 Å². The maximum atomic E-state index is 13.0. The van der Waals surface area contributed by atoms with Gasteiger partial charge in [0, 0.05) is 43.4 Å². The van der Waals surface area contributed by atoms with Gasteiger partial charge >= 0.3 is 12.0 Å². The molecule has 2 heterocycles. The van der Waals surface area contributed by atoms with E-state index >= 15 is 0 Å². The Kier molecular flexibility index (Phi) is 8.15. The number of amides is 2. The van der Waals surface area contributed by atoms with Crippen molar-refractivity contribution < 1.29 is 19.1 Å².